The molecular weight excluding hydrogens is 1250 g/mol. The average Bonchev–Trinajstić information content (AvgIpc) is 2.05. The highest BCUT2D eigenvalue weighted by molar-refractivity contribution is 7.47. The van der Waals surface area contributed by atoms with Crippen LogP contribution in [0.25, 0.3) is 0 Å². The normalized spacial score (nSPS) is 14.1. The molecule has 5 atom stereocenters. The molecule has 0 aliphatic heterocycles. The van der Waals surface area contributed by atoms with Gasteiger partial charge in [-0.1, -0.05) is 337 Å². The van der Waals surface area contributed by atoms with Crippen LogP contribution < -0.4 is 0 Å². The van der Waals surface area contributed by atoms with Crippen LogP contribution in [0.15, 0.2) is 0 Å². The van der Waals surface area contributed by atoms with E-state index in [9.17, 15) is 43.2 Å². The molecule has 3 N–H and O–H groups in total. The van der Waals surface area contributed by atoms with Crippen molar-refractivity contribution in [2.45, 2.75) is 407 Å². The summed E-state index contributed by atoms with van der Waals surface area (Å²) in [6, 6.07) is 0. The fraction of sp³-hybridized carbons (Fsp3) is 0.947. The van der Waals surface area contributed by atoms with E-state index in [4.69, 9.17) is 37.0 Å². The fourth-order valence-corrected chi connectivity index (χ4v) is 13.2. The molecule has 0 spiro atoms. The van der Waals surface area contributed by atoms with Crippen LogP contribution in [0.3, 0.4) is 0 Å². The number of carbonyl (C=O) groups is 4. The van der Waals surface area contributed by atoms with Gasteiger partial charge in [-0.3, -0.25) is 37.3 Å². The fourth-order valence-electron chi connectivity index (χ4n) is 11.6. The van der Waals surface area contributed by atoms with Crippen LogP contribution in [0.5, 0.6) is 0 Å². The molecular formula is C76H148O17P2. The summed E-state index contributed by atoms with van der Waals surface area (Å²) in [7, 11) is -9.91. The summed E-state index contributed by atoms with van der Waals surface area (Å²) in [5.41, 5.74) is 0. The standard InChI is InChI=1S/C76H148O17P2/c1-8-9-10-11-12-36-43-50-57-73(78)86-63-71(92-76(81)60-53-46-39-32-26-25-29-35-42-49-56-69(6)7)65-90-94(82,83)88-61-70(77)62-89-95(84,85)91-66-72(64-87-74(79)58-51-44-37-30-23-20-16-18-22-28-34-41-48-55-68(4)5)93-75(80)59-52-45-38-31-24-19-15-13-14-17-21-27-33-40-47-54-67(2)3/h67-72,77H,8-66H2,1-7H3,(H,82,83)(H,84,85)/t70-,71+,72+/m0/s1. The van der Waals surface area contributed by atoms with Crippen molar-refractivity contribution in [3.63, 3.8) is 0 Å². The zero-order valence-corrected chi connectivity index (χ0v) is 63.9. The molecule has 0 bridgehead atoms. The second-order valence-corrected chi connectivity index (χ2v) is 31.7. The van der Waals surface area contributed by atoms with Gasteiger partial charge in [0.15, 0.2) is 12.2 Å². The highest BCUT2D eigenvalue weighted by atomic mass is 31.2. The van der Waals surface area contributed by atoms with Gasteiger partial charge in [0.25, 0.3) is 0 Å². The molecule has 0 heterocycles. The molecule has 0 aliphatic carbocycles. The topological polar surface area (TPSA) is 237 Å². The lowest BCUT2D eigenvalue weighted by molar-refractivity contribution is -0.161. The van der Waals surface area contributed by atoms with Crippen molar-refractivity contribution < 1.29 is 80.2 Å². The van der Waals surface area contributed by atoms with E-state index in [1.54, 1.807) is 0 Å². The van der Waals surface area contributed by atoms with E-state index < -0.39 is 97.5 Å². The van der Waals surface area contributed by atoms with Crippen molar-refractivity contribution in [2.24, 2.45) is 17.8 Å². The Labute approximate surface area is 581 Å². The van der Waals surface area contributed by atoms with Gasteiger partial charge in [-0.2, -0.15) is 0 Å². The van der Waals surface area contributed by atoms with Crippen LogP contribution in [0.4, 0.5) is 0 Å². The Kier molecular flexibility index (Phi) is 65.2. The Morgan fingerprint density at radius 1 is 0.284 bits per heavy atom. The Bertz CT molecular complexity index is 1850. The molecule has 0 saturated heterocycles. The zero-order valence-electron chi connectivity index (χ0n) is 62.1. The van der Waals surface area contributed by atoms with Crippen LogP contribution in [0.2, 0.25) is 0 Å². The Morgan fingerprint density at radius 3 is 0.716 bits per heavy atom. The molecule has 0 aromatic heterocycles. The minimum absolute atomic E-state index is 0.106. The van der Waals surface area contributed by atoms with Gasteiger partial charge in [0.1, 0.15) is 19.3 Å². The highest BCUT2D eigenvalue weighted by Crippen LogP contribution is 2.45. The van der Waals surface area contributed by atoms with Gasteiger partial charge < -0.3 is 33.8 Å². The summed E-state index contributed by atoms with van der Waals surface area (Å²) in [4.78, 5) is 72.7. The molecule has 0 aromatic carbocycles. The first-order valence-electron chi connectivity index (χ1n) is 39.3. The summed E-state index contributed by atoms with van der Waals surface area (Å²) in [6.07, 6.45) is 52.7. The lowest BCUT2D eigenvalue weighted by Gasteiger charge is -2.21. The molecule has 19 heteroatoms. The summed E-state index contributed by atoms with van der Waals surface area (Å²) in [5, 5.41) is 10.6. The summed E-state index contributed by atoms with van der Waals surface area (Å²) < 4.78 is 68.5. The number of carbonyl (C=O) groups excluding carboxylic acids is 4. The first-order valence-corrected chi connectivity index (χ1v) is 42.3. The van der Waals surface area contributed by atoms with Crippen LogP contribution in [0.1, 0.15) is 389 Å². The summed E-state index contributed by atoms with van der Waals surface area (Å²) in [5.74, 6) is 0.226. The van der Waals surface area contributed by atoms with Gasteiger partial charge in [0.2, 0.25) is 0 Å². The van der Waals surface area contributed by atoms with Crippen molar-refractivity contribution in [3.8, 4) is 0 Å². The number of aliphatic hydroxyl groups is 1. The molecule has 0 saturated carbocycles. The number of phosphoric ester groups is 2. The average molecular weight is 1400 g/mol. The van der Waals surface area contributed by atoms with Crippen molar-refractivity contribution in [1.82, 2.24) is 0 Å². The van der Waals surface area contributed by atoms with E-state index in [1.165, 1.54) is 193 Å². The molecule has 95 heavy (non-hydrogen) atoms. The number of phosphoric acid groups is 2. The highest BCUT2D eigenvalue weighted by Gasteiger charge is 2.30. The number of aliphatic hydroxyl groups excluding tert-OH is 1. The van der Waals surface area contributed by atoms with Gasteiger partial charge in [-0.15, -0.1) is 0 Å². The molecule has 564 valence electrons. The predicted octanol–water partition coefficient (Wildman–Crippen LogP) is 22.2. The predicted molar refractivity (Wildman–Crippen MR) is 386 cm³/mol. The van der Waals surface area contributed by atoms with Crippen LogP contribution in [0, 0.1) is 17.8 Å². The minimum atomic E-state index is -4.96. The van der Waals surface area contributed by atoms with Crippen molar-refractivity contribution >= 4 is 39.5 Å². The maximum atomic E-state index is 13.1. The molecule has 0 aliphatic rings. The molecule has 0 amide bonds. The monoisotopic (exact) mass is 1400 g/mol. The third-order valence-electron chi connectivity index (χ3n) is 17.6. The molecule has 17 nitrogen and oxygen atoms in total. The van der Waals surface area contributed by atoms with E-state index in [2.05, 4.69) is 48.5 Å². The third kappa shape index (κ3) is 70.3. The number of hydrogen-bond donors (Lipinski definition) is 3. The quantitative estimate of drug-likeness (QED) is 0.0222. The lowest BCUT2D eigenvalue weighted by atomic mass is 10.0. The van der Waals surface area contributed by atoms with Gasteiger partial charge in [0, 0.05) is 25.7 Å². The maximum Gasteiger partial charge on any atom is 0.472 e. The van der Waals surface area contributed by atoms with E-state index in [0.29, 0.717) is 25.7 Å². The van der Waals surface area contributed by atoms with Gasteiger partial charge in [0.05, 0.1) is 26.4 Å². The Hall–Kier alpha value is -1.94. The van der Waals surface area contributed by atoms with Crippen molar-refractivity contribution in [1.29, 1.82) is 0 Å². The zero-order chi connectivity index (χ0) is 70.1. The number of unbranched alkanes of at least 4 members (excludes halogenated alkanes) is 42. The smallest absolute Gasteiger partial charge is 0.462 e. The first-order chi connectivity index (χ1) is 45.7. The van der Waals surface area contributed by atoms with E-state index in [-0.39, 0.29) is 25.7 Å². The Morgan fingerprint density at radius 2 is 0.484 bits per heavy atom. The molecule has 0 rings (SSSR count). The van der Waals surface area contributed by atoms with E-state index in [1.807, 2.05) is 0 Å². The van der Waals surface area contributed by atoms with Crippen LogP contribution in [-0.2, 0) is 65.4 Å². The van der Waals surface area contributed by atoms with Gasteiger partial charge in [-0.25, -0.2) is 9.13 Å². The van der Waals surface area contributed by atoms with Gasteiger partial charge in [-0.05, 0) is 43.4 Å². The van der Waals surface area contributed by atoms with Crippen LogP contribution >= 0.6 is 15.6 Å². The SMILES string of the molecule is CCCCCCCCCCC(=O)OC[C@H](COP(=O)(O)OC[C@H](O)COP(=O)(O)OC[C@@H](COC(=O)CCCCCCCCCCCCCCCC(C)C)OC(=O)CCCCCCCCCCCCCCCCCC(C)C)OC(=O)CCCCCCCCCCCCC(C)C. The second-order valence-electron chi connectivity index (χ2n) is 28.8. The molecule has 0 radical (unpaired) electrons. The number of hydrogen-bond acceptors (Lipinski definition) is 15. The minimum Gasteiger partial charge on any atom is -0.462 e. The van der Waals surface area contributed by atoms with Crippen molar-refractivity contribution in [3.05, 3.63) is 0 Å². The van der Waals surface area contributed by atoms with Crippen LogP contribution in [-0.4, -0.2) is 96.7 Å². The molecule has 0 fully saturated rings. The lowest BCUT2D eigenvalue weighted by Crippen LogP contribution is -2.30. The Balaban J connectivity index is 5.22. The first kappa shape index (κ1) is 93.1. The summed E-state index contributed by atoms with van der Waals surface area (Å²) >= 11 is 0. The van der Waals surface area contributed by atoms with E-state index >= 15 is 0 Å². The maximum absolute atomic E-state index is 13.1. The van der Waals surface area contributed by atoms with Gasteiger partial charge >= 0.3 is 39.5 Å². The third-order valence-corrected chi connectivity index (χ3v) is 19.5. The number of ether oxygens (including phenoxy) is 4. The number of esters is 4. The van der Waals surface area contributed by atoms with E-state index in [0.717, 1.165) is 114 Å². The molecule has 0 aromatic rings. The van der Waals surface area contributed by atoms with Crippen molar-refractivity contribution in [2.75, 3.05) is 39.6 Å². The second kappa shape index (κ2) is 66.6. The number of rotatable bonds is 74. The summed E-state index contributed by atoms with van der Waals surface area (Å²) in [6.45, 7) is 11.9. The largest absolute Gasteiger partial charge is 0.472 e. The molecule has 2 unspecified atom stereocenters.